The zero-order chi connectivity index (χ0) is 21.7. The van der Waals surface area contributed by atoms with E-state index in [0.29, 0.717) is 27.5 Å². The van der Waals surface area contributed by atoms with Crippen LogP contribution in [0.25, 0.3) is 33.1 Å². The van der Waals surface area contributed by atoms with Crippen LogP contribution in [0.15, 0.2) is 53.5 Å². The average Bonchev–Trinajstić information content (AvgIpc) is 3.32. The van der Waals surface area contributed by atoms with Crippen molar-refractivity contribution in [1.29, 1.82) is 0 Å². The van der Waals surface area contributed by atoms with Crippen molar-refractivity contribution in [2.75, 3.05) is 0 Å². The minimum Gasteiger partial charge on any atom is -0.477 e. The molecule has 3 aromatic heterocycles. The van der Waals surface area contributed by atoms with Gasteiger partial charge in [0.2, 0.25) is 0 Å². The molecule has 0 unspecified atom stereocenters. The van der Waals surface area contributed by atoms with E-state index < -0.39 is 17.3 Å². The number of carbonyl (C=O) groups is 1. The number of aromatic amines is 2. The molecule has 0 aliphatic rings. The van der Waals surface area contributed by atoms with E-state index in [1.807, 2.05) is 6.07 Å². The summed E-state index contributed by atoms with van der Waals surface area (Å²) < 4.78 is 16.0. The van der Waals surface area contributed by atoms with E-state index in [0.717, 1.165) is 5.56 Å². The Bertz CT molecular complexity index is 1550. The lowest BCUT2D eigenvalue weighted by molar-refractivity contribution is 0.0687. The third-order valence-electron chi connectivity index (χ3n) is 5.36. The summed E-state index contributed by atoms with van der Waals surface area (Å²) in [5.41, 5.74) is 2.78. The Kier molecular flexibility index (Phi) is 4.18. The van der Waals surface area contributed by atoms with Gasteiger partial charge >= 0.3 is 5.97 Å². The van der Waals surface area contributed by atoms with Crippen LogP contribution in [0.3, 0.4) is 0 Å². The van der Waals surface area contributed by atoms with Gasteiger partial charge in [-0.2, -0.15) is 15.4 Å². The predicted molar refractivity (Wildman–Crippen MR) is 113 cm³/mol. The van der Waals surface area contributed by atoms with Crippen molar-refractivity contribution in [2.45, 2.75) is 13.5 Å². The molecule has 0 atom stereocenters. The maximum Gasteiger partial charge on any atom is 0.353 e. The number of aromatic carboxylic acids is 1. The summed E-state index contributed by atoms with van der Waals surface area (Å²) >= 11 is 0. The van der Waals surface area contributed by atoms with Gasteiger partial charge in [0.15, 0.2) is 0 Å². The van der Waals surface area contributed by atoms with E-state index in [4.69, 9.17) is 0 Å². The van der Waals surface area contributed by atoms with Crippen LogP contribution in [0.2, 0.25) is 0 Å². The Morgan fingerprint density at radius 2 is 1.97 bits per heavy atom. The molecule has 0 radical (unpaired) electrons. The van der Waals surface area contributed by atoms with Crippen molar-refractivity contribution in [1.82, 2.24) is 25.0 Å². The summed E-state index contributed by atoms with van der Waals surface area (Å²) in [6.45, 7) is 1.75. The lowest BCUT2D eigenvalue weighted by Gasteiger charge is -2.10. The Morgan fingerprint density at radius 1 is 1.16 bits per heavy atom. The highest BCUT2D eigenvalue weighted by atomic mass is 19.1. The predicted octanol–water partition coefficient (Wildman–Crippen LogP) is 3.46. The molecule has 154 valence electrons. The molecular weight excluding hydrogens is 401 g/mol. The lowest BCUT2D eigenvalue weighted by atomic mass is 10.0. The molecule has 0 bridgehead atoms. The highest BCUT2D eigenvalue weighted by Crippen LogP contribution is 2.35. The van der Waals surface area contributed by atoms with E-state index in [1.54, 1.807) is 37.3 Å². The molecule has 5 aromatic rings. The monoisotopic (exact) mass is 417 g/mol. The zero-order valence-electron chi connectivity index (χ0n) is 16.3. The molecule has 31 heavy (non-hydrogen) atoms. The fourth-order valence-corrected chi connectivity index (χ4v) is 3.92. The van der Waals surface area contributed by atoms with Crippen LogP contribution in [0.1, 0.15) is 21.6 Å². The molecule has 0 saturated carbocycles. The number of benzene rings is 2. The molecule has 0 aliphatic heterocycles. The van der Waals surface area contributed by atoms with Gasteiger partial charge in [-0.15, -0.1) is 0 Å². The largest absolute Gasteiger partial charge is 0.477 e. The molecule has 2 aromatic carbocycles. The average molecular weight is 417 g/mol. The molecule has 8 nitrogen and oxygen atoms in total. The van der Waals surface area contributed by atoms with Gasteiger partial charge in [-0.1, -0.05) is 6.07 Å². The van der Waals surface area contributed by atoms with Crippen molar-refractivity contribution in [3.05, 3.63) is 81.7 Å². The van der Waals surface area contributed by atoms with Crippen molar-refractivity contribution in [3.63, 3.8) is 0 Å². The van der Waals surface area contributed by atoms with Gasteiger partial charge in [0, 0.05) is 29.3 Å². The molecule has 0 fully saturated rings. The Balaban J connectivity index is 1.83. The normalized spacial score (nSPS) is 11.4. The summed E-state index contributed by atoms with van der Waals surface area (Å²) in [6, 6.07) is 11.4. The number of pyridine rings is 1. The smallest absolute Gasteiger partial charge is 0.353 e. The minimum atomic E-state index is -1.21. The van der Waals surface area contributed by atoms with Crippen LogP contribution in [0.4, 0.5) is 4.39 Å². The summed E-state index contributed by atoms with van der Waals surface area (Å²) in [5, 5.41) is 21.2. The van der Waals surface area contributed by atoms with E-state index in [-0.39, 0.29) is 23.4 Å². The summed E-state index contributed by atoms with van der Waals surface area (Å²) in [6.07, 6.45) is 1.48. The Morgan fingerprint density at radius 3 is 2.74 bits per heavy atom. The van der Waals surface area contributed by atoms with Gasteiger partial charge in [-0.05, 0) is 54.4 Å². The topological polar surface area (TPSA) is 117 Å². The highest BCUT2D eigenvalue weighted by Gasteiger charge is 2.26. The molecule has 3 N–H and O–H groups in total. The molecule has 0 amide bonds. The first-order valence-electron chi connectivity index (χ1n) is 9.47. The van der Waals surface area contributed by atoms with Crippen molar-refractivity contribution in [2.24, 2.45) is 0 Å². The van der Waals surface area contributed by atoms with Gasteiger partial charge in [0.1, 0.15) is 22.5 Å². The fraction of sp³-hybridized carbons (Fsp3) is 0.0909. The number of nitrogens with zero attached hydrogens (tertiary/aromatic N) is 3. The van der Waals surface area contributed by atoms with Crippen LogP contribution >= 0.6 is 0 Å². The van der Waals surface area contributed by atoms with Crippen LogP contribution in [-0.2, 0) is 6.54 Å². The number of halogens is 1. The second-order valence-electron chi connectivity index (χ2n) is 7.29. The fourth-order valence-electron chi connectivity index (χ4n) is 3.92. The van der Waals surface area contributed by atoms with Crippen LogP contribution in [0.5, 0.6) is 0 Å². The van der Waals surface area contributed by atoms with Crippen LogP contribution < -0.4 is 5.56 Å². The van der Waals surface area contributed by atoms with Gasteiger partial charge in [0.05, 0.1) is 5.52 Å². The molecule has 5 rings (SSSR count). The maximum absolute atomic E-state index is 14.5. The number of hydrogen-bond donors (Lipinski definition) is 3. The molecule has 0 aliphatic carbocycles. The van der Waals surface area contributed by atoms with Crippen molar-refractivity contribution in [3.8, 4) is 11.1 Å². The second kappa shape index (κ2) is 6.91. The Labute approximate surface area is 174 Å². The maximum atomic E-state index is 14.5. The van der Waals surface area contributed by atoms with Crippen molar-refractivity contribution >= 4 is 27.9 Å². The van der Waals surface area contributed by atoms with Gasteiger partial charge in [0.25, 0.3) is 5.56 Å². The summed E-state index contributed by atoms with van der Waals surface area (Å²) in [5.74, 6) is -1.67. The van der Waals surface area contributed by atoms with Crippen molar-refractivity contribution < 1.29 is 14.3 Å². The lowest BCUT2D eigenvalue weighted by Crippen LogP contribution is -2.13. The first-order valence-corrected chi connectivity index (χ1v) is 9.47. The van der Waals surface area contributed by atoms with E-state index in [1.165, 1.54) is 16.8 Å². The molecule has 3 heterocycles. The van der Waals surface area contributed by atoms with Gasteiger partial charge in [-0.3, -0.25) is 4.79 Å². The number of carboxylic acids is 1. The third kappa shape index (κ3) is 2.98. The molecule has 0 saturated heterocycles. The zero-order valence-corrected chi connectivity index (χ0v) is 16.3. The standard InChI is InChI=1S/C22H16FN5O3/c1-11-7-14-18(9-15(11)23)28(10-12-4-5-16-17(8-12)26-27-25-16)20(22(30)31)19(14)13-3-2-6-24-21(13)29/h2-9H,10H2,1H3,(H,24,29)(H,30,31)(H,25,26,27). The molecule has 9 heteroatoms. The number of fused-ring (bicyclic) bond motifs is 2. The first-order chi connectivity index (χ1) is 14.9. The van der Waals surface area contributed by atoms with E-state index in [9.17, 15) is 19.1 Å². The number of aryl methyl sites for hydroxylation is 1. The Hall–Kier alpha value is -4.27. The molecule has 0 spiro atoms. The summed E-state index contributed by atoms with van der Waals surface area (Å²) in [4.78, 5) is 27.5. The van der Waals surface area contributed by atoms with Gasteiger partial charge in [-0.25, -0.2) is 9.18 Å². The second-order valence-corrected chi connectivity index (χ2v) is 7.29. The van der Waals surface area contributed by atoms with Crippen LogP contribution in [0, 0.1) is 12.7 Å². The number of hydrogen-bond acceptors (Lipinski definition) is 4. The number of carboxylic acid groups (broad SMARTS) is 1. The quantitative estimate of drug-likeness (QED) is 0.414. The van der Waals surface area contributed by atoms with E-state index in [2.05, 4.69) is 20.4 Å². The number of rotatable bonds is 4. The van der Waals surface area contributed by atoms with E-state index >= 15 is 0 Å². The van der Waals surface area contributed by atoms with Gasteiger partial charge < -0.3 is 14.7 Å². The first kappa shape index (κ1) is 18.7. The number of H-pyrrole nitrogens is 2. The highest BCUT2D eigenvalue weighted by molar-refractivity contribution is 6.08. The third-order valence-corrected chi connectivity index (χ3v) is 5.36. The number of aromatic nitrogens is 5. The minimum absolute atomic E-state index is 0.0862. The summed E-state index contributed by atoms with van der Waals surface area (Å²) in [7, 11) is 0. The number of nitrogens with one attached hydrogen (secondary N) is 2. The molecular formula is C22H16FN5O3. The van der Waals surface area contributed by atoms with Crippen LogP contribution in [-0.4, -0.2) is 36.0 Å². The SMILES string of the molecule is Cc1cc2c(-c3ccc[nH]c3=O)c(C(=O)O)n(Cc3ccc4n[nH]nc4c3)c2cc1F.